The summed E-state index contributed by atoms with van der Waals surface area (Å²) in [4.78, 5) is 23.4. The summed E-state index contributed by atoms with van der Waals surface area (Å²) in [7, 11) is 0. The smallest absolute Gasteiger partial charge is 0.278 e. The van der Waals surface area contributed by atoms with Crippen LogP contribution >= 0.6 is 35.4 Å². The first kappa shape index (κ1) is 21.3. The number of H-pyrrole nitrogens is 1. The average molecular weight is 494 g/mol. The molecule has 0 saturated carbocycles. The largest absolute Gasteiger partial charge is 0.329 e. The predicted octanol–water partition coefficient (Wildman–Crippen LogP) is 7.00. The van der Waals surface area contributed by atoms with E-state index in [-0.39, 0.29) is 10.5 Å². The standard InChI is InChI=1S/C23H13Cl2N5O2S/c24-13-8-9-14(16(25)11-13)21-22(29-10-4-3-7-20(29)28-21)18-12-17(26-23(33)27-18)15-5-1-2-6-19(15)30(31)32/h1-12H,(H,26,27,33). The molecule has 162 valence electrons. The van der Waals surface area contributed by atoms with E-state index in [0.29, 0.717) is 49.6 Å². The summed E-state index contributed by atoms with van der Waals surface area (Å²) >= 11 is 18.0. The molecule has 5 aromatic rings. The number of nitro benzene ring substituents is 1. The first-order valence-electron chi connectivity index (χ1n) is 9.70. The zero-order valence-electron chi connectivity index (χ0n) is 16.7. The van der Waals surface area contributed by atoms with Crippen molar-refractivity contribution in [1.82, 2.24) is 19.4 Å². The molecule has 0 fully saturated rings. The molecule has 33 heavy (non-hydrogen) atoms. The molecule has 2 aromatic carbocycles. The Labute approximate surface area is 202 Å². The van der Waals surface area contributed by atoms with E-state index in [4.69, 9.17) is 40.4 Å². The minimum atomic E-state index is -0.441. The number of benzene rings is 2. The number of aromatic nitrogens is 4. The summed E-state index contributed by atoms with van der Waals surface area (Å²) in [6, 6.07) is 19.0. The van der Waals surface area contributed by atoms with Gasteiger partial charge in [0.25, 0.3) is 5.69 Å². The van der Waals surface area contributed by atoms with E-state index in [1.54, 1.807) is 42.5 Å². The Morgan fingerprint density at radius 1 is 0.970 bits per heavy atom. The van der Waals surface area contributed by atoms with Crippen LogP contribution < -0.4 is 0 Å². The molecule has 10 heteroatoms. The SMILES string of the molecule is O=[N+]([O-])c1ccccc1-c1cc(-c2c(-c3ccc(Cl)cc3Cl)nc3ccccn23)[nH]c(=S)n1. The third-order valence-corrected chi connectivity index (χ3v) is 5.83. The van der Waals surface area contributed by atoms with Crippen LogP contribution in [0.25, 0.3) is 39.5 Å². The van der Waals surface area contributed by atoms with Gasteiger partial charge in [0.05, 0.1) is 32.6 Å². The fraction of sp³-hybridized carbons (Fsp3) is 0. The van der Waals surface area contributed by atoms with Gasteiger partial charge in [-0.15, -0.1) is 0 Å². The highest BCUT2D eigenvalue weighted by Gasteiger charge is 2.21. The summed E-state index contributed by atoms with van der Waals surface area (Å²) < 4.78 is 2.07. The summed E-state index contributed by atoms with van der Waals surface area (Å²) in [6.07, 6.45) is 1.87. The Morgan fingerprint density at radius 3 is 2.55 bits per heavy atom. The summed E-state index contributed by atoms with van der Waals surface area (Å²) in [5, 5.41) is 12.5. The minimum absolute atomic E-state index is 0.0596. The number of para-hydroxylation sites is 1. The van der Waals surface area contributed by atoms with Crippen LogP contribution in [0.15, 0.2) is 72.9 Å². The quantitative estimate of drug-likeness (QED) is 0.165. The molecule has 0 aliphatic carbocycles. The molecule has 0 amide bonds. The number of nitrogens with zero attached hydrogens (tertiary/aromatic N) is 4. The third-order valence-electron chi connectivity index (χ3n) is 5.09. The summed E-state index contributed by atoms with van der Waals surface area (Å²) in [5.41, 5.74) is 3.93. The molecule has 3 heterocycles. The number of imidazole rings is 1. The number of hydrogen-bond acceptors (Lipinski definition) is 5. The van der Waals surface area contributed by atoms with Crippen LogP contribution in [-0.4, -0.2) is 24.3 Å². The van der Waals surface area contributed by atoms with Gasteiger partial charge < -0.3 is 4.98 Å². The number of nitro groups is 1. The Balaban J connectivity index is 1.81. The maximum atomic E-state index is 11.6. The predicted molar refractivity (Wildman–Crippen MR) is 131 cm³/mol. The van der Waals surface area contributed by atoms with Gasteiger partial charge in [-0.05, 0) is 54.7 Å². The lowest BCUT2D eigenvalue weighted by Crippen LogP contribution is -1.98. The lowest BCUT2D eigenvalue weighted by Gasteiger charge is -2.09. The first-order chi connectivity index (χ1) is 15.9. The number of hydrogen-bond donors (Lipinski definition) is 1. The van der Waals surface area contributed by atoms with E-state index in [1.807, 2.05) is 28.8 Å². The molecule has 0 saturated heterocycles. The average Bonchev–Trinajstić information content (AvgIpc) is 3.18. The normalized spacial score (nSPS) is 11.1. The summed E-state index contributed by atoms with van der Waals surface area (Å²) in [6.45, 7) is 0. The second-order valence-electron chi connectivity index (χ2n) is 7.12. The van der Waals surface area contributed by atoms with Crippen molar-refractivity contribution in [2.24, 2.45) is 0 Å². The van der Waals surface area contributed by atoms with E-state index in [2.05, 4.69) is 9.97 Å². The van der Waals surface area contributed by atoms with Crippen LogP contribution in [0.1, 0.15) is 0 Å². The molecule has 5 rings (SSSR count). The van der Waals surface area contributed by atoms with Gasteiger partial charge in [0.1, 0.15) is 11.3 Å². The van der Waals surface area contributed by atoms with Crippen LogP contribution in [0.5, 0.6) is 0 Å². The fourth-order valence-electron chi connectivity index (χ4n) is 3.70. The number of aromatic amines is 1. The zero-order valence-corrected chi connectivity index (χ0v) is 19.0. The molecule has 0 bridgehead atoms. The van der Waals surface area contributed by atoms with Gasteiger partial charge in [0.15, 0.2) is 4.77 Å². The molecule has 7 nitrogen and oxygen atoms in total. The number of nitrogens with one attached hydrogen (secondary N) is 1. The fourth-order valence-corrected chi connectivity index (χ4v) is 4.40. The highest BCUT2D eigenvalue weighted by Crippen LogP contribution is 2.38. The Bertz CT molecular complexity index is 1610. The highest BCUT2D eigenvalue weighted by molar-refractivity contribution is 7.71. The van der Waals surface area contributed by atoms with Crippen molar-refractivity contribution < 1.29 is 4.92 Å². The molecule has 0 spiro atoms. The lowest BCUT2D eigenvalue weighted by atomic mass is 10.1. The molecule has 1 N–H and O–H groups in total. The van der Waals surface area contributed by atoms with E-state index in [0.717, 1.165) is 0 Å². The molecule has 0 unspecified atom stereocenters. The van der Waals surface area contributed by atoms with E-state index in [1.165, 1.54) is 6.07 Å². The third kappa shape index (κ3) is 3.89. The van der Waals surface area contributed by atoms with Crippen molar-refractivity contribution in [3.8, 4) is 33.9 Å². The molecule has 0 aliphatic rings. The van der Waals surface area contributed by atoms with E-state index in [9.17, 15) is 10.1 Å². The van der Waals surface area contributed by atoms with Crippen molar-refractivity contribution >= 4 is 46.8 Å². The van der Waals surface area contributed by atoms with Crippen molar-refractivity contribution in [1.29, 1.82) is 0 Å². The van der Waals surface area contributed by atoms with Gasteiger partial charge in [0.2, 0.25) is 0 Å². The first-order valence-corrected chi connectivity index (χ1v) is 10.9. The number of rotatable bonds is 4. The van der Waals surface area contributed by atoms with Crippen LogP contribution in [-0.2, 0) is 0 Å². The maximum absolute atomic E-state index is 11.6. The van der Waals surface area contributed by atoms with E-state index >= 15 is 0 Å². The van der Waals surface area contributed by atoms with Gasteiger partial charge >= 0.3 is 0 Å². The molecule has 0 atom stereocenters. The maximum Gasteiger partial charge on any atom is 0.278 e. The summed E-state index contributed by atoms with van der Waals surface area (Å²) in [5.74, 6) is 0. The number of fused-ring (bicyclic) bond motifs is 1. The lowest BCUT2D eigenvalue weighted by molar-refractivity contribution is -0.384. The molecule has 0 radical (unpaired) electrons. The van der Waals surface area contributed by atoms with Crippen LogP contribution in [0, 0.1) is 14.9 Å². The van der Waals surface area contributed by atoms with Crippen LogP contribution in [0.2, 0.25) is 10.0 Å². The topological polar surface area (TPSA) is 89.1 Å². The monoisotopic (exact) mass is 493 g/mol. The van der Waals surface area contributed by atoms with Gasteiger partial charge in [-0.2, -0.15) is 0 Å². The highest BCUT2D eigenvalue weighted by atomic mass is 35.5. The zero-order chi connectivity index (χ0) is 23.1. The van der Waals surface area contributed by atoms with Crippen molar-refractivity contribution in [3.63, 3.8) is 0 Å². The Hall–Kier alpha value is -3.59. The van der Waals surface area contributed by atoms with Gasteiger partial charge in [-0.1, -0.05) is 41.4 Å². The Morgan fingerprint density at radius 2 is 1.76 bits per heavy atom. The molecular weight excluding hydrogens is 481 g/mol. The Kier molecular flexibility index (Phi) is 5.41. The molecule has 3 aromatic heterocycles. The molecule has 0 aliphatic heterocycles. The van der Waals surface area contributed by atoms with Gasteiger partial charge in [-0.3, -0.25) is 14.5 Å². The van der Waals surface area contributed by atoms with Gasteiger partial charge in [-0.25, -0.2) is 9.97 Å². The van der Waals surface area contributed by atoms with Crippen LogP contribution in [0.3, 0.4) is 0 Å². The van der Waals surface area contributed by atoms with Crippen molar-refractivity contribution in [3.05, 3.63) is 97.9 Å². The molecular formula is C23H13Cl2N5O2S. The van der Waals surface area contributed by atoms with Gasteiger partial charge in [0, 0.05) is 22.8 Å². The minimum Gasteiger partial charge on any atom is -0.329 e. The van der Waals surface area contributed by atoms with Crippen molar-refractivity contribution in [2.45, 2.75) is 0 Å². The second kappa shape index (κ2) is 8.40. The van der Waals surface area contributed by atoms with E-state index < -0.39 is 4.92 Å². The number of pyridine rings is 1. The second-order valence-corrected chi connectivity index (χ2v) is 8.35. The van der Waals surface area contributed by atoms with Crippen LogP contribution in [0.4, 0.5) is 5.69 Å². The van der Waals surface area contributed by atoms with Crippen molar-refractivity contribution in [2.75, 3.05) is 0 Å². The number of halogens is 2.